The van der Waals surface area contributed by atoms with Crippen LogP contribution in [0, 0.1) is 5.92 Å². The number of carbonyl (C=O) groups is 1. The van der Waals surface area contributed by atoms with E-state index in [2.05, 4.69) is 58.5 Å². The molecule has 0 spiro atoms. The summed E-state index contributed by atoms with van der Waals surface area (Å²) in [5, 5.41) is 5.29. The first-order valence-corrected chi connectivity index (χ1v) is 8.38. The Balaban J connectivity index is 1.62. The van der Waals surface area contributed by atoms with Gasteiger partial charge in [-0.05, 0) is 51.9 Å². The van der Waals surface area contributed by atoms with Crippen LogP contribution in [0.3, 0.4) is 0 Å². The third-order valence-electron chi connectivity index (χ3n) is 5.24. The first-order valence-electron chi connectivity index (χ1n) is 8.38. The number of carbonyl (C=O) groups excluding carboxylic acids is 1. The molecule has 3 heteroatoms. The molecule has 1 aliphatic carbocycles. The Kier molecular flexibility index (Phi) is 2.89. The maximum Gasteiger partial charge on any atom is 0.289 e. The van der Waals surface area contributed by atoms with Crippen LogP contribution in [0.2, 0.25) is 0 Å². The van der Waals surface area contributed by atoms with Crippen molar-refractivity contribution in [3.8, 4) is 0 Å². The van der Waals surface area contributed by atoms with Gasteiger partial charge in [-0.15, -0.1) is 0 Å². The lowest BCUT2D eigenvalue weighted by atomic mass is 9.80. The van der Waals surface area contributed by atoms with Gasteiger partial charge in [0.05, 0.1) is 6.21 Å². The Morgan fingerprint density at radius 2 is 1.79 bits per heavy atom. The van der Waals surface area contributed by atoms with Crippen LogP contribution in [-0.2, 0) is 17.6 Å². The van der Waals surface area contributed by atoms with E-state index < -0.39 is 0 Å². The van der Waals surface area contributed by atoms with E-state index in [1.54, 1.807) is 0 Å². The molecular weight excluding hydrogens is 296 g/mol. The smallest absolute Gasteiger partial charge is 0.266 e. The second-order valence-corrected chi connectivity index (χ2v) is 6.59. The van der Waals surface area contributed by atoms with Crippen LogP contribution in [0.5, 0.6) is 0 Å². The van der Waals surface area contributed by atoms with Crippen molar-refractivity contribution in [3.63, 3.8) is 0 Å². The van der Waals surface area contributed by atoms with Gasteiger partial charge in [-0.25, -0.2) is 4.99 Å². The third kappa shape index (κ3) is 2.01. The summed E-state index contributed by atoms with van der Waals surface area (Å²) in [6.45, 7) is 0. The average molecular weight is 312 g/mol. The normalized spacial score (nSPS) is 19.8. The summed E-state index contributed by atoms with van der Waals surface area (Å²) in [7, 11) is 0. The fourth-order valence-corrected chi connectivity index (χ4v) is 4.08. The Morgan fingerprint density at radius 1 is 0.917 bits per heavy atom. The highest BCUT2D eigenvalue weighted by Crippen LogP contribution is 2.35. The summed E-state index contributed by atoms with van der Waals surface area (Å²) < 4.78 is 0. The largest absolute Gasteiger partial charge is 0.289 e. The van der Waals surface area contributed by atoms with Crippen molar-refractivity contribution < 1.29 is 4.79 Å². The molecule has 3 aromatic carbocycles. The van der Waals surface area contributed by atoms with Gasteiger partial charge < -0.3 is 0 Å². The zero-order valence-corrected chi connectivity index (χ0v) is 13.2. The van der Waals surface area contributed by atoms with Crippen LogP contribution in [0.1, 0.15) is 17.5 Å². The second-order valence-electron chi connectivity index (χ2n) is 6.59. The molecule has 1 aliphatic heterocycles. The van der Waals surface area contributed by atoms with Gasteiger partial charge in [-0.1, -0.05) is 48.5 Å². The van der Waals surface area contributed by atoms with Gasteiger partial charge in [0.25, 0.3) is 5.91 Å². The number of hydrogen-bond donors (Lipinski definition) is 0. The second kappa shape index (κ2) is 5.10. The van der Waals surface area contributed by atoms with Gasteiger partial charge in [0.2, 0.25) is 0 Å². The molecule has 0 fully saturated rings. The van der Waals surface area contributed by atoms with Crippen molar-refractivity contribution in [1.29, 1.82) is 0 Å². The highest BCUT2D eigenvalue weighted by atomic mass is 16.1. The lowest BCUT2D eigenvalue weighted by Crippen LogP contribution is -2.21. The van der Waals surface area contributed by atoms with Crippen LogP contribution in [-0.4, -0.2) is 18.0 Å². The molecular formula is C21H16N2O. The first kappa shape index (κ1) is 13.6. The van der Waals surface area contributed by atoms with Crippen LogP contribution in [0.15, 0.2) is 58.5 Å². The van der Waals surface area contributed by atoms with E-state index in [4.69, 9.17) is 0 Å². The standard InChI is InChI=1S/C21H16N2O/c24-20-12-22-21(23-20)15-7-8-17-14(11-15)6-10-18-16-4-2-1-3-13(16)5-9-19(17)18/h1-6,9-10,12,15H,7-8,11H2. The summed E-state index contributed by atoms with van der Waals surface area (Å²) in [5.41, 5.74) is 2.81. The van der Waals surface area contributed by atoms with Gasteiger partial charge >= 0.3 is 0 Å². The summed E-state index contributed by atoms with van der Waals surface area (Å²) in [6, 6.07) is 17.5. The summed E-state index contributed by atoms with van der Waals surface area (Å²) >= 11 is 0. The highest BCUT2D eigenvalue weighted by Gasteiger charge is 2.26. The molecule has 5 rings (SSSR count). The van der Waals surface area contributed by atoms with E-state index in [1.807, 2.05) is 0 Å². The van der Waals surface area contributed by atoms with Crippen molar-refractivity contribution in [2.75, 3.05) is 0 Å². The average Bonchev–Trinajstić information content (AvgIpc) is 3.07. The predicted octanol–water partition coefficient (Wildman–Crippen LogP) is 4.11. The van der Waals surface area contributed by atoms with Gasteiger partial charge in [0, 0.05) is 5.92 Å². The fourth-order valence-electron chi connectivity index (χ4n) is 4.08. The number of fused-ring (bicyclic) bond motifs is 5. The Bertz CT molecular complexity index is 1060. The van der Waals surface area contributed by atoms with E-state index in [1.165, 1.54) is 38.9 Å². The monoisotopic (exact) mass is 312 g/mol. The maximum atomic E-state index is 11.3. The molecule has 2 aliphatic rings. The first-order chi connectivity index (χ1) is 11.8. The van der Waals surface area contributed by atoms with Crippen molar-refractivity contribution in [3.05, 3.63) is 59.7 Å². The van der Waals surface area contributed by atoms with Gasteiger partial charge in [-0.2, -0.15) is 4.99 Å². The van der Waals surface area contributed by atoms with Crippen molar-refractivity contribution >= 4 is 39.5 Å². The van der Waals surface area contributed by atoms with Crippen LogP contribution >= 0.6 is 0 Å². The number of aryl methyl sites for hydroxylation is 1. The van der Waals surface area contributed by atoms with E-state index in [-0.39, 0.29) is 11.8 Å². The molecule has 0 saturated carbocycles. The van der Waals surface area contributed by atoms with Crippen LogP contribution < -0.4 is 0 Å². The molecule has 3 nitrogen and oxygen atoms in total. The summed E-state index contributed by atoms with van der Waals surface area (Å²) in [4.78, 5) is 19.5. The van der Waals surface area contributed by atoms with Gasteiger partial charge in [0.1, 0.15) is 5.84 Å². The topological polar surface area (TPSA) is 41.8 Å². The minimum atomic E-state index is -0.222. The molecule has 0 saturated heterocycles. The molecule has 0 aromatic heterocycles. The zero-order chi connectivity index (χ0) is 16.1. The van der Waals surface area contributed by atoms with E-state index in [0.717, 1.165) is 19.3 Å². The van der Waals surface area contributed by atoms with E-state index in [0.29, 0.717) is 5.84 Å². The molecule has 0 radical (unpaired) electrons. The highest BCUT2D eigenvalue weighted by molar-refractivity contribution is 6.35. The SMILES string of the molecule is O=C1C=NC(C2CCc3c(ccc4c3ccc3ccccc34)C2)=N1. The van der Waals surface area contributed by atoms with Crippen LogP contribution in [0.4, 0.5) is 0 Å². The third-order valence-corrected chi connectivity index (χ3v) is 5.24. The molecule has 0 bridgehead atoms. The zero-order valence-electron chi connectivity index (χ0n) is 13.2. The number of amidine groups is 1. The molecule has 1 atom stereocenters. The van der Waals surface area contributed by atoms with E-state index in [9.17, 15) is 4.79 Å². The quantitative estimate of drug-likeness (QED) is 0.624. The van der Waals surface area contributed by atoms with Crippen molar-refractivity contribution in [2.45, 2.75) is 19.3 Å². The lowest BCUT2D eigenvalue weighted by molar-refractivity contribution is -0.111. The molecule has 116 valence electrons. The van der Waals surface area contributed by atoms with Gasteiger partial charge in [0.15, 0.2) is 0 Å². The van der Waals surface area contributed by atoms with Crippen LogP contribution in [0.25, 0.3) is 21.5 Å². The Hall–Kier alpha value is -2.81. The Morgan fingerprint density at radius 3 is 2.67 bits per heavy atom. The van der Waals surface area contributed by atoms with Gasteiger partial charge in [-0.3, -0.25) is 4.79 Å². The number of amides is 1. The molecule has 0 N–H and O–H groups in total. The lowest BCUT2D eigenvalue weighted by Gasteiger charge is -2.25. The van der Waals surface area contributed by atoms with E-state index >= 15 is 0 Å². The number of benzene rings is 3. The van der Waals surface area contributed by atoms with Crippen molar-refractivity contribution in [1.82, 2.24) is 0 Å². The van der Waals surface area contributed by atoms with Crippen molar-refractivity contribution in [2.24, 2.45) is 15.9 Å². The molecule has 1 amide bonds. The molecule has 24 heavy (non-hydrogen) atoms. The number of nitrogens with zero attached hydrogens (tertiary/aromatic N) is 2. The molecule has 3 aromatic rings. The molecule has 1 unspecified atom stereocenters. The number of hydrogen-bond acceptors (Lipinski definition) is 2. The number of aliphatic imine (C=N–C) groups is 2. The number of rotatable bonds is 1. The Labute approximate surface area is 139 Å². The predicted molar refractivity (Wildman–Crippen MR) is 97.9 cm³/mol. The maximum absolute atomic E-state index is 11.3. The molecule has 1 heterocycles. The fraction of sp³-hybridized carbons (Fsp3) is 0.190. The summed E-state index contributed by atoms with van der Waals surface area (Å²) in [6.07, 6.45) is 4.26. The minimum Gasteiger partial charge on any atom is -0.266 e. The minimum absolute atomic E-state index is 0.222. The summed E-state index contributed by atoms with van der Waals surface area (Å²) in [5.74, 6) is 0.753.